The fourth-order valence-electron chi connectivity index (χ4n) is 18.3. The monoisotopic (exact) mass is 1270 g/mol. The molecular formula is C94H90N4. The molecule has 16 rings (SSSR count). The highest BCUT2D eigenvalue weighted by Gasteiger charge is 2.48. The van der Waals surface area contributed by atoms with E-state index in [1.807, 2.05) is 6.08 Å². The maximum atomic E-state index is 4.36. The highest BCUT2D eigenvalue weighted by atomic mass is 15.2. The van der Waals surface area contributed by atoms with E-state index in [9.17, 15) is 0 Å². The summed E-state index contributed by atoms with van der Waals surface area (Å²) in [5.74, 6) is 0. The molecule has 2 aliphatic heterocycles. The van der Waals surface area contributed by atoms with Crippen LogP contribution in [0.3, 0.4) is 0 Å². The molecule has 2 heterocycles. The van der Waals surface area contributed by atoms with Crippen molar-refractivity contribution >= 4 is 73.8 Å². The highest BCUT2D eigenvalue weighted by molar-refractivity contribution is 5.99. The minimum atomic E-state index is -0.510. The standard InChI is InChI=1S/C94H90N4/c1-19-25-77-71(20-2)74-35-30-62(49-80(74)90(77,9)10)95(67-43-56(3)40-57(4)44-67)65-33-38-87-83(52-65)93(15,16)85-54-70(97(69-47-60(7)42-61(8)48-69)64-32-37-76-73-27-22-24-29-79(73)92(13,14)82(76)51-64)55-86-89(85)98(87)88-39-34-66(53-84(88)94(86,17)18)96(68-45-58(5)41-59(6)46-68)63-31-36-75-72-26-21-23-28-78(72)91(11,12)81(75)50-63/h19-55H,2H2,1,3-18H3/b25-19-. The van der Waals surface area contributed by atoms with Crippen molar-refractivity contribution < 1.29 is 0 Å². The quantitative estimate of drug-likeness (QED) is 0.128. The number of hydrogen-bond acceptors (Lipinski definition) is 4. The number of hydrogen-bond donors (Lipinski definition) is 0. The van der Waals surface area contributed by atoms with Crippen molar-refractivity contribution in [2.75, 3.05) is 19.6 Å². The van der Waals surface area contributed by atoms with Gasteiger partial charge in [-0.25, -0.2) is 0 Å². The smallest absolute Gasteiger partial charge is 0.0545 e. The molecule has 3 aliphatic carbocycles. The number of fused-ring (bicyclic) bond motifs is 11. The van der Waals surface area contributed by atoms with Gasteiger partial charge in [0, 0.05) is 78.3 Å². The number of benzene rings is 11. The fraction of sp³-hybridized carbons (Fsp3) is 0.234. The molecule has 98 heavy (non-hydrogen) atoms. The molecule has 11 aromatic rings. The number of rotatable bonds is 11. The normalized spacial score (nSPS) is 16.2. The van der Waals surface area contributed by atoms with Gasteiger partial charge < -0.3 is 19.6 Å². The van der Waals surface area contributed by atoms with Crippen LogP contribution < -0.4 is 19.6 Å². The average molecular weight is 1280 g/mol. The van der Waals surface area contributed by atoms with Gasteiger partial charge in [0.2, 0.25) is 0 Å². The Hall–Kier alpha value is -10.2. The molecule has 0 saturated heterocycles. The molecule has 0 bridgehead atoms. The second-order valence-corrected chi connectivity index (χ2v) is 31.6. The van der Waals surface area contributed by atoms with Crippen molar-refractivity contribution in [2.24, 2.45) is 0 Å². The van der Waals surface area contributed by atoms with E-state index in [4.69, 9.17) is 0 Å². The first-order chi connectivity index (χ1) is 46.7. The van der Waals surface area contributed by atoms with Crippen LogP contribution in [0.1, 0.15) is 165 Å². The summed E-state index contributed by atoms with van der Waals surface area (Å²) in [6.07, 6.45) is 6.49. The molecule has 11 aromatic carbocycles. The molecular weight excluding hydrogens is 1190 g/mol. The van der Waals surface area contributed by atoms with Gasteiger partial charge in [-0.1, -0.05) is 179 Å². The summed E-state index contributed by atoms with van der Waals surface area (Å²) in [4.78, 5) is 10.3. The van der Waals surface area contributed by atoms with E-state index in [0.717, 1.165) is 51.2 Å². The molecule has 0 spiro atoms. The molecule has 0 N–H and O–H groups in total. The first kappa shape index (κ1) is 62.6. The molecule has 0 saturated carbocycles. The second-order valence-electron chi connectivity index (χ2n) is 31.6. The third-order valence-corrected chi connectivity index (χ3v) is 23.0. The molecule has 486 valence electrons. The van der Waals surface area contributed by atoms with Crippen molar-refractivity contribution in [2.45, 2.75) is 145 Å². The maximum absolute atomic E-state index is 4.36. The maximum Gasteiger partial charge on any atom is 0.0545 e. The Labute approximate surface area is 582 Å². The lowest BCUT2D eigenvalue weighted by molar-refractivity contribution is 0.597. The predicted molar refractivity (Wildman–Crippen MR) is 418 cm³/mol. The largest absolute Gasteiger partial charge is 0.310 e. The molecule has 0 aromatic heterocycles. The van der Waals surface area contributed by atoms with Crippen LogP contribution in [0.2, 0.25) is 0 Å². The third kappa shape index (κ3) is 9.29. The minimum absolute atomic E-state index is 0.175. The van der Waals surface area contributed by atoms with Crippen LogP contribution in [0.25, 0.3) is 27.8 Å². The van der Waals surface area contributed by atoms with Crippen molar-refractivity contribution in [3.05, 3.63) is 326 Å². The number of anilines is 12. The molecule has 4 nitrogen and oxygen atoms in total. The van der Waals surface area contributed by atoms with Crippen molar-refractivity contribution in [1.29, 1.82) is 0 Å². The minimum Gasteiger partial charge on any atom is -0.310 e. The molecule has 0 fully saturated rings. The van der Waals surface area contributed by atoms with E-state index in [1.54, 1.807) is 0 Å². The van der Waals surface area contributed by atoms with E-state index in [2.05, 4.69) is 362 Å². The van der Waals surface area contributed by atoms with Gasteiger partial charge in [-0.05, 0) is 292 Å². The van der Waals surface area contributed by atoms with Crippen molar-refractivity contribution in [3.63, 3.8) is 0 Å². The molecule has 4 heteroatoms. The van der Waals surface area contributed by atoms with Gasteiger partial charge in [0.05, 0.1) is 17.1 Å². The zero-order valence-electron chi connectivity index (χ0n) is 60.4. The zero-order chi connectivity index (χ0) is 68.6. The van der Waals surface area contributed by atoms with E-state index in [1.165, 1.54) is 139 Å². The Morgan fingerprint density at radius 1 is 0.296 bits per heavy atom. The van der Waals surface area contributed by atoms with E-state index in [-0.39, 0.29) is 16.2 Å². The van der Waals surface area contributed by atoms with Gasteiger partial charge in [0.1, 0.15) is 0 Å². The average Bonchev–Trinajstić information content (AvgIpc) is 1.13. The van der Waals surface area contributed by atoms with Gasteiger partial charge >= 0.3 is 0 Å². The van der Waals surface area contributed by atoms with Crippen molar-refractivity contribution in [1.82, 2.24) is 0 Å². The molecule has 0 amide bonds. The zero-order valence-corrected chi connectivity index (χ0v) is 60.4. The Kier molecular flexibility index (Phi) is 14.0. The number of allylic oxidation sites excluding steroid dienone is 5. The summed E-state index contributed by atoms with van der Waals surface area (Å²) in [6.45, 7) is 44.1. The second kappa shape index (κ2) is 21.9. The third-order valence-electron chi connectivity index (χ3n) is 23.0. The molecule has 0 radical (unpaired) electrons. The summed E-state index contributed by atoms with van der Waals surface area (Å²) < 4.78 is 0. The van der Waals surface area contributed by atoms with Crippen molar-refractivity contribution in [3.8, 4) is 22.3 Å². The summed E-state index contributed by atoms with van der Waals surface area (Å²) in [5, 5.41) is 0. The van der Waals surface area contributed by atoms with Gasteiger partial charge in [-0.2, -0.15) is 0 Å². The van der Waals surface area contributed by atoms with Crippen LogP contribution in [0.4, 0.5) is 68.2 Å². The van der Waals surface area contributed by atoms with Crippen LogP contribution in [0.15, 0.2) is 237 Å². The van der Waals surface area contributed by atoms with Gasteiger partial charge in [0.25, 0.3) is 0 Å². The fourth-order valence-corrected chi connectivity index (χ4v) is 18.3. The predicted octanol–water partition coefficient (Wildman–Crippen LogP) is 26.1. The molecule has 5 aliphatic rings. The summed E-state index contributed by atoms with van der Waals surface area (Å²) in [5.41, 5.74) is 40.5. The van der Waals surface area contributed by atoms with E-state index < -0.39 is 10.8 Å². The first-order valence-electron chi connectivity index (χ1n) is 35.3. The van der Waals surface area contributed by atoms with Gasteiger partial charge in [-0.15, -0.1) is 0 Å². The Balaban J connectivity index is 0.945. The van der Waals surface area contributed by atoms with Crippen LogP contribution >= 0.6 is 0 Å². The molecule has 0 atom stereocenters. The topological polar surface area (TPSA) is 13.0 Å². The Morgan fingerprint density at radius 3 is 0.969 bits per heavy atom. The first-order valence-corrected chi connectivity index (χ1v) is 35.3. The summed E-state index contributed by atoms with van der Waals surface area (Å²) >= 11 is 0. The highest BCUT2D eigenvalue weighted by Crippen LogP contribution is 2.64. The lowest BCUT2D eigenvalue weighted by Gasteiger charge is -2.50. The van der Waals surface area contributed by atoms with Gasteiger partial charge in [0.15, 0.2) is 0 Å². The SMILES string of the molecule is C=CC1=C(/C=C\C)C(C)(C)c2cc(N(c3cc(C)cc(C)c3)c3ccc4c(c3)C(C)(C)c3cc(N(c5cc(C)cc(C)c5)c5ccc6c(c5)C(C)(C)c5ccccc5-6)cc5c3N4c3ccc(N(c4cc(C)cc(C)c4)c4ccc6c(c4)C(C)(C)c4ccccc4-6)cc3C5(C)C)ccc21. The summed E-state index contributed by atoms with van der Waals surface area (Å²) in [7, 11) is 0. The van der Waals surface area contributed by atoms with Gasteiger partial charge in [-0.3, -0.25) is 0 Å². The lowest BCUT2D eigenvalue weighted by atomic mass is 9.66. The van der Waals surface area contributed by atoms with Crippen LogP contribution in [-0.4, -0.2) is 0 Å². The van der Waals surface area contributed by atoms with Crippen LogP contribution in [0.5, 0.6) is 0 Å². The number of aryl methyl sites for hydroxylation is 6. The van der Waals surface area contributed by atoms with E-state index >= 15 is 0 Å². The van der Waals surface area contributed by atoms with E-state index in [0.29, 0.717) is 0 Å². The number of nitrogens with zero attached hydrogens (tertiary/aromatic N) is 4. The Morgan fingerprint density at radius 2 is 0.592 bits per heavy atom. The van der Waals surface area contributed by atoms with Crippen LogP contribution in [-0.2, 0) is 27.1 Å². The summed E-state index contributed by atoms with van der Waals surface area (Å²) in [6, 6.07) is 80.6. The Bertz CT molecular complexity index is 5260. The van der Waals surface area contributed by atoms with Crippen LogP contribution in [0, 0.1) is 41.5 Å². The lowest BCUT2D eigenvalue weighted by Crippen LogP contribution is -2.38. The molecule has 0 unspecified atom stereocenters.